The molecule has 0 amide bonds. The number of aryl methyl sites for hydroxylation is 1. The zero-order valence-electron chi connectivity index (χ0n) is 10.7. The second-order valence-electron chi connectivity index (χ2n) is 4.36. The first kappa shape index (κ1) is 12.1. The molecule has 0 unspecified atom stereocenters. The van der Waals surface area contributed by atoms with Gasteiger partial charge in [0.25, 0.3) is 0 Å². The van der Waals surface area contributed by atoms with Crippen LogP contribution in [0.4, 0.5) is 0 Å². The second kappa shape index (κ2) is 4.59. The standard InChI is InChI=1S/C15H13ClN2O/c1-10-4-3-9-18-13(10)14(16)17-15(18)11-5-7-12(19-2)8-6-11/h3-9H,1-2H3. The third-order valence-corrected chi connectivity index (χ3v) is 3.44. The second-order valence-corrected chi connectivity index (χ2v) is 4.72. The Bertz CT molecular complexity index is 732. The number of rotatable bonds is 2. The summed E-state index contributed by atoms with van der Waals surface area (Å²) in [6.45, 7) is 2.03. The zero-order chi connectivity index (χ0) is 13.4. The summed E-state index contributed by atoms with van der Waals surface area (Å²) in [5.41, 5.74) is 3.07. The van der Waals surface area contributed by atoms with Crippen LogP contribution in [-0.2, 0) is 0 Å². The van der Waals surface area contributed by atoms with Crippen molar-refractivity contribution in [2.75, 3.05) is 7.11 Å². The maximum absolute atomic E-state index is 6.23. The van der Waals surface area contributed by atoms with Gasteiger partial charge in [0, 0.05) is 11.8 Å². The molecular weight excluding hydrogens is 260 g/mol. The fourth-order valence-electron chi connectivity index (χ4n) is 2.20. The molecule has 3 nitrogen and oxygen atoms in total. The van der Waals surface area contributed by atoms with Gasteiger partial charge in [-0.05, 0) is 42.8 Å². The fraction of sp³-hybridized carbons (Fsp3) is 0.133. The van der Waals surface area contributed by atoms with E-state index in [9.17, 15) is 0 Å². The molecule has 3 rings (SSSR count). The molecule has 2 heterocycles. The first-order chi connectivity index (χ1) is 9.20. The predicted molar refractivity (Wildman–Crippen MR) is 76.9 cm³/mol. The average Bonchev–Trinajstić information content (AvgIpc) is 2.78. The highest BCUT2D eigenvalue weighted by atomic mass is 35.5. The number of hydrogen-bond acceptors (Lipinski definition) is 2. The molecule has 0 spiro atoms. The smallest absolute Gasteiger partial charge is 0.155 e. The van der Waals surface area contributed by atoms with Crippen LogP contribution in [0.15, 0.2) is 42.6 Å². The number of imidazole rings is 1. The van der Waals surface area contributed by atoms with Gasteiger partial charge in [-0.15, -0.1) is 0 Å². The number of halogens is 1. The fourth-order valence-corrected chi connectivity index (χ4v) is 2.52. The minimum atomic E-state index is 0.531. The van der Waals surface area contributed by atoms with Crippen LogP contribution in [0.3, 0.4) is 0 Å². The molecule has 96 valence electrons. The van der Waals surface area contributed by atoms with E-state index in [1.807, 2.05) is 53.9 Å². The maximum atomic E-state index is 6.23. The molecule has 0 aliphatic heterocycles. The van der Waals surface area contributed by atoms with Crippen molar-refractivity contribution in [3.8, 4) is 17.1 Å². The van der Waals surface area contributed by atoms with Crippen molar-refractivity contribution in [2.45, 2.75) is 6.92 Å². The van der Waals surface area contributed by atoms with E-state index < -0.39 is 0 Å². The molecule has 0 saturated carbocycles. The summed E-state index contributed by atoms with van der Waals surface area (Å²) < 4.78 is 7.18. The SMILES string of the molecule is COc1ccc(-c2nc(Cl)c3c(C)cccn23)cc1. The van der Waals surface area contributed by atoms with Gasteiger partial charge in [-0.1, -0.05) is 17.7 Å². The molecule has 0 saturated heterocycles. The van der Waals surface area contributed by atoms with E-state index in [0.29, 0.717) is 5.15 Å². The van der Waals surface area contributed by atoms with Gasteiger partial charge in [-0.3, -0.25) is 4.40 Å². The molecule has 0 aliphatic carbocycles. The Morgan fingerprint density at radius 1 is 1.16 bits per heavy atom. The Labute approximate surface area is 116 Å². The van der Waals surface area contributed by atoms with Crippen LogP contribution in [0.1, 0.15) is 5.56 Å². The van der Waals surface area contributed by atoms with Crippen LogP contribution in [0.25, 0.3) is 16.9 Å². The molecule has 0 aliphatic rings. The number of nitrogens with zero attached hydrogens (tertiary/aromatic N) is 2. The summed E-state index contributed by atoms with van der Waals surface area (Å²) in [7, 11) is 1.65. The van der Waals surface area contributed by atoms with Gasteiger partial charge in [-0.2, -0.15) is 0 Å². The molecule has 19 heavy (non-hydrogen) atoms. The van der Waals surface area contributed by atoms with Crippen molar-refractivity contribution < 1.29 is 4.74 Å². The van der Waals surface area contributed by atoms with Gasteiger partial charge in [0.15, 0.2) is 5.15 Å². The van der Waals surface area contributed by atoms with E-state index in [0.717, 1.165) is 28.2 Å². The Hall–Kier alpha value is -2.00. The van der Waals surface area contributed by atoms with Crippen LogP contribution >= 0.6 is 11.6 Å². The molecule has 0 N–H and O–H groups in total. The van der Waals surface area contributed by atoms with Gasteiger partial charge >= 0.3 is 0 Å². The number of hydrogen-bond donors (Lipinski definition) is 0. The molecule has 2 aromatic heterocycles. The van der Waals surface area contributed by atoms with Crippen molar-refractivity contribution in [3.63, 3.8) is 0 Å². The lowest BCUT2D eigenvalue weighted by Gasteiger charge is -2.04. The van der Waals surface area contributed by atoms with Gasteiger partial charge in [0.05, 0.1) is 12.6 Å². The van der Waals surface area contributed by atoms with Crippen LogP contribution < -0.4 is 4.74 Å². The van der Waals surface area contributed by atoms with E-state index >= 15 is 0 Å². The number of aromatic nitrogens is 2. The lowest BCUT2D eigenvalue weighted by molar-refractivity contribution is 0.415. The summed E-state index contributed by atoms with van der Waals surface area (Å²) in [6, 6.07) is 11.8. The number of ether oxygens (including phenoxy) is 1. The third kappa shape index (κ3) is 1.96. The van der Waals surface area contributed by atoms with Crippen molar-refractivity contribution in [1.82, 2.24) is 9.38 Å². The van der Waals surface area contributed by atoms with E-state index in [2.05, 4.69) is 4.98 Å². The molecular formula is C15H13ClN2O. The number of pyridine rings is 1. The van der Waals surface area contributed by atoms with Crippen molar-refractivity contribution in [1.29, 1.82) is 0 Å². The zero-order valence-corrected chi connectivity index (χ0v) is 11.5. The highest BCUT2D eigenvalue weighted by Gasteiger charge is 2.12. The molecule has 4 heteroatoms. The van der Waals surface area contributed by atoms with Crippen LogP contribution in [0.5, 0.6) is 5.75 Å². The van der Waals surface area contributed by atoms with Gasteiger partial charge in [-0.25, -0.2) is 4.98 Å². The number of fused-ring (bicyclic) bond motifs is 1. The lowest BCUT2D eigenvalue weighted by atomic mass is 10.2. The molecule has 0 bridgehead atoms. The maximum Gasteiger partial charge on any atom is 0.155 e. The lowest BCUT2D eigenvalue weighted by Crippen LogP contribution is -1.90. The Morgan fingerprint density at radius 2 is 1.89 bits per heavy atom. The topological polar surface area (TPSA) is 26.5 Å². The summed E-state index contributed by atoms with van der Waals surface area (Å²) in [5, 5.41) is 0.531. The highest BCUT2D eigenvalue weighted by Crippen LogP contribution is 2.28. The summed E-state index contributed by atoms with van der Waals surface area (Å²) in [5.74, 6) is 1.67. The predicted octanol–water partition coefficient (Wildman–Crippen LogP) is 3.97. The first-order valence-corrected chi connectivity index (χ1v) is 6.36. The normalized spacial score (nSPS) is 10.9. The number of benzene rings is 1. The van der Waals surface area contributed by atoms with E-state index in [-0.39, 0.29) is 0 Å². The average molecular weight is 273 g/mol. The van der Waals surface area contributed by atoms with Crippen molar-refractivity contribution in [3.05, 3.63) is 53.3 Å². The van der Waals surface area contributed by atoms with Gasteiger partial charge in [0.2, 0.25) is 0 Å². The van der Waals surface area contributed by atoms with Gasteiger partial charge in [0.1, 0.15) is 11.6 Å². The first-order valence-electron chi connectivity index (χ1n) is 5.98. The molecule has 3 aromatic rings. The Balaban J connectivity index is 2.22. The Kier molecular flexibility index (Phi) is 2.91. The summed E-state index contributed by atoms with van der Waals surface area (Å²) >= 11 is 6.23. The third-order valence-electron chi connectivity index (χ3n) is 3.17. The largest absolute Gasteiger partial charge is 0.497 e. The van der Waals surface area contributed by atoms with Gasteiger partial charge < -0.3 is 4.74 Å². The van der Waals surface area contributed by atoms with Crippen LogP contribution in [-0.4, -0.2) is 16.5 Å². The molecule has 0 atom stereocenters. The number of methoxy groups -OCH3 is 1. The van der Waals surface area contributed by atoms with Crippen molar-refractivity contribution >= 4 is 17.1 Å². The molecule has 1 aromatic carbocycles. The monoisotopic (exact) mass is 272 g/mol. The van der Waals surface area contributed by atoms with E-state index in [4.69, 9.17) is 16.3 Å². The minimum Gasteiger partial charge on any atom is -0.497 e. The van der Waals surface area contributed by atoms with Crippen LogP contribution in [0, 0.1) is 6.92 Å². The van der Waals surface area contributed by atoms with Crippen LogP contribution in [0.2, 0.25) is 5.15 Å². The molecule has 0 fully saturated rings. The van der Waals surface area contributed by atoms with E-state index in [1.165, 1.54) is 0 Å². The minimum absolute atomic E-state index is 0.531. The Morgan fingerprint density at radius 3 is 2.58 bits per heavy atom. The summed E-state index contributed by atoms with van der Waals surface area (Å²) in [4.78, 5) is 4.46. The van der Waals surface area contributed by atoms with Crippen molar-refractivity contribution in [2.24, 2.45) is 0 Å². The molecule has 0 radical (unpaired) electrons. The summed E-state index contributed by atoms with van der Waals surface area (Å²) in [6.07, 6.45) is 1.97. The van der Waals surface area contributed by atoms with E-state index in [1.54, 1.807) is 7.11 Å². The quantitative estimate of drug-likeness (QED) is 0.706. The highest BCUT2D eigenvalue weighted by molar-refractivity contribution is 6.33.